The Labute approximate surface area is 142 Å². The molecule has 0 radical (unpaired) electrons. The number of fused-ring (bicyclic) bond motifs is 1. The van der Waals surface area contributed by atoms with Gasteiger partial charge in [0.2, 0.25) is 5.91 Å². The molecular formula is C17H26N4O3. The molecule has 3 rings (SSSR count). The van der Waals surface area contributed by atoms with Crippen molar-refractivity contribution in [2.75, 3.05) is 23.8 Å². The number of nitrogen functional groups attached to an aromatic ring is 1. The number of nitrogens with two attached hydrogens (primary N) is 1. The highest BCUT2D eigenvalue weighted by Gasteiger charge is 2.33. The molecule has 0 saturated carbocycles. The zero-order chi connectivity index (χ0) is 17.1. The summed E-state index contributed by atoms with van der Waals surface area (Å²) in [4.78, 5) is 22.7. The first-order chi connectivity index (χ1) is 11.6. The summed E-state index contributed by atoms with van der Waals surface area (Å²) in [5, 5.41) is 0. The van der Waals surface area contributed by atoms with Gasteiger partial charge in [0.15, 0.2) is 0 Å². The Bertz CT molecular complexity index is 602. The molecule has 0 aliphatic carbocycles. The molecule has 1 amide bonds. The van der Waals surface area contributed by atoms with E-state index in [4.69, 9.17) is 15.2 Å². The number of hydrogen-bond acceptors (Lipinski definition) is 6. The molecule has 1 saturated heterocycles. The zero-order valence-corrected chi connectivity index (χ0v) is 14.5. The Balaban J connectivity index is 1.74. The maximum absolute atomic E-state index is 12.3. The lowest BCUT2D eigenvalue weighted by atomic mass is 10.2. The number of ether oxygens (including phenoxy) is 2. The van der Waals surface area contributed by atoms with E-state index in [-0.39, 0.29) is 30.5 Å². The van der Waals surface area contributed by atoms with Crippen molar-refractivity contribution in [1.82, 2.24) is 9.97 Å². The number of amides is 1. The Kier molecular flexibility index (Phi) is 5.18. The monoisotopic (exact) mass is 334 g/mol. The van der Waals surface area contributed by atoms with Crippen molar-refractivity contribution in [3.8, 4) is 6.01 Å². The summed E-state index contributed by atoms with van der Waals surface area (Å²) in [7, 11) is 0. The van der Waals surface area contributed by atoms with E-state index in [1.165, 1.54) is 0 Å². The van der Waals surface area contributed by atoms with Gasteiger partial charge in [0, 0.05) is 18.7 Å². The number of hydrogen-bond donors (Lipinski definition) is 1. The van der Waals surface area contributed by atoms with Gasteiger partial charge in [-0.15, -0.1) is 0 Å². The van der Waals surface area contributed by atoms with Crippen LogP contribution in [0.4, 0.5) is 11.6 Å². The second-order valence-electron chi connectivity index (χ2n) is 6.56. The molecule has 1 aromatic rings. The van der Waals surface area contributed by atoms with Crippen LogP contribution in [-0.4, -0.2) is 41.2 Å². The normalized spacial score (nSPS) is 21.2. The minimum atomic E-state index is 0.0164. The minimum absolute atomic E-state index is 0.0164. The van der Waals surface area contributed by atoms with Gasteiger partial charge in [-0.1, -0.05) is 13.3 Å². The van der Waals surface area contributed by atoms with Gasteiger partial charge in [-0.2, -0.15) is 9.97 Å². The second-order valence-corrected chi connectivity index (χ2v) is 6.56. The number of rotatable bonds is 7. The summed E-state index contributed by atoms with van der Waals surface area (Å²) in [5.74, 6) is 0.957. The standard InChI is InChI=1S/C17H26N4O3/c1-3-5-11(2)24-17-19-15(18)13-10-14(22)21(16(13)20-17)8-7-12-6-4-9-23-12/h11-12H,3-10H2,1-2H3,(H2,18,19,20)/t11-,12?/m0/s1. The topological polar surface area (TPSA) is 90.6 Å². The summed E-state index contributed by atoms with van der Waals surface area (Å²) in [6.45, 7) is 5.49. The molecule has 2 aliphatic heterocycles. The fourth-order valence-corrected chi connectivity index (χ4v) is 3.30. The molecule has 1 unspecified atom stereocenters. The van der Waals surface area contributed by atoms with Crippen molar-refractivity contribution < 1.29 is 14.3 Å². The van der Waals surface area contributed by atoms with Crippen molar-refractivity contribution in [2.45, 2.75) is 64.6 Å². The van der Waals surface area contributed by atoms with Crippen molar-refractivity contribution in [3.63, 3.8) is 0 Å². The van der Waals surface area contributed by atoms with Crippen LogP contribution in [0.2, 0.25) is 0 Å². The highest BCUT2D eigenvalue weighted by molar-refractivity contribution is 6.01. The van der Waals surface area contributed by atoms with E-state index in [2.05, 4.69) is 16.9 Å². The maximum Gasteiger partial charge on any atom is 0.320 e. The summed E-state index contributed by atoms with van der Waals surface area (Å²) in [5.41, 5.74) is 6.74. The molecule has 2 atom stereocenters. The van der Waals surface area contributed by atoms with Crippen LogP contribution in [0.15, 0.2) is 0 Å². The lowest BCUT2D eigenvalue weighted by Gasteiger charge is -2.19. The molecule has 0 bridgehead atoms. The third kappa shape index (κ3) is 3.61. The summed E-state index contributed by atoms with van der Waals surface area (Å²) in [6.07, 6.45) is 5.43. The molecule has 1 fully saturated rings. The van der Waals surface area contributed by atoms with Crippen molar-refractivity contribution in [3.05, 3.63) is 5.56 Å². The lowest BCUT2D eigenvalue weighted by molar-refractivity contribution is -0.117. The van der Waals surface area contributed by atoms with Crippen LogP contribution in [-0.2, 0) is 16.0 Å². The van der Waals surface area contributed by atoms with Crippen LogP contribution in [0.1, 0.15) is 51.5 Å². The summed E-state index contributed by atoms with van der Waals surface area (Å²) in [6, 6.07) is 0.254. The predicted octanol–water partition coefficient (Wildman–Crippen LogP) is 2.08. The third-order valence-electron chi connectivity index (χ3n) is 4.58. The van der Waals surface area contributed by atoms with Gasteiger partial charge in [-0.05, 0) is 32.6 Å². The Morgan fingerprint density at radius 1 is 1.46 bits per heavy atom. The largest absolute Gasteiger partial charge is 0.460 e. The van der Waals surface area contributed by atoms with Crippen LogP contribution in [0.3, 0.4) is 0 Å². The van der Waals surface area contributed by atoms with E-state index in [1.54, 1.807) is 4.90 Å². The average Bonchev–Trinajstić information content (AvgIpc) is 3.14. The molecule has 7 heteroatoms. The van der Waals surface area contributed by atoms with Crippen LogP contribution in [0.25, 0.3) is 0 Å². The SMILES string of the molecule is CCC[C@H](C)Oc1nc(N)c2c(n1)N(CCC1CCCO1)C(=O)C2. The van der Waals surface area contributed by atoms with E-state index in [1.807, 2.05) is 6.92 Å². The van der Waals surface area contributed by atoms with Crippen LogP contribution in [0.5, 0.6) is 6.01 Å². The van der Waals surface area contributed by atoms with E-state index < -0.39 is 0 Å². The van der Waals surface area contributed by atoms with Gasteiger partial charge >= 0.3 is 6.01 Å². The number of carbonyl (C=O) groups excluding carboxylic acids is 1. The van der Waals surface area contributed by atoms with E-state index in [9.17, 15) is 4.79 Å². The predicted molar refractivity (Wildman–Crippen MR) is 91.1 cm³/mol. The van der Waals surface area contributed by atoms with Crippen molar-refractivity contribution in [1.29, 1.82) is 0 Å². The summed E-state index contributed by atoms with van der Waals surface area (Å²) >= 11 is 0. The summed E-state index contributed by atoms with van der Waals surface area (Å²) < 4.78 is 11.4. The highest BCUT2D eigenvalue weighted by Crippen LogP contribution is 2.33. The number of aromatic nitrogens is 2. The third-order valence-corrected chi connectivity index (χ3v) is 4.58. The zero-order valence-electron chi connectivity index (χ0n) is 14.5. The lowest BCUT2D eigenvalue weighted by Crippen LogP contribution is -2.30. The molecule has 0 spiro atoms. The fraction of sp³-hybridized carbons (Fsp3) is 0.706. The molecule has 7 nitrogen and oxygen atoms in total. The number of anilines is 2. The molecular weight excluding hydrogens is 308 g/mol. The van der Waals surface area contributed by atoms with Crippen molar-refractivity contribution in [2.24, 2.45) is 0 Å². The van der Waals surface area contributed by atoms with E-state index in [0.717, 1.165) is 38.7 Å². The van der Waals surface area contributed by atoms with Crippen LogP contribution in [0, 0.1) is 0 Å². The first-order valence-electron chi connectivity index (χ1n) is 8.83. The molecule has 0 aromatic carbocycles. The molecule has 2 N–H and O–H groups in total. The van der Waals surface area contributed by atoms with Gasteiger partial charge in [0.1, 0.15) is 11.6 Å². The maximum atomic E-state index is 12.3. The fourth-order valence-electron chi connectivity index (χ4n) is 3.30. The van der Waals surface area contributed by atoms with Crippen molar-refractivity contribution >= 4 is 17.5 Å². The Morgan fingerprint density at radius 3 is 3.00 bits per heavy atom. The molecule has 132 valence electrons. The minimum Gasteiger partial charge on any atom is -0.460 e. The van der Waals surface area contributed by atoms with Gasteiger partial charge in [-0.25, -0.2) is 0 Å². The van der Waals surface area contributed by atoms with Gasteiger partial charge in [0.25, 0.3) is 0 Å². The van der Waals surface area contributed by atoms with Crippen LogP contribution < -0.4 is 15.4 Å². The molecule has 24 heavy (non-hydrogen) atoms. The van der Waals surface area contributed by atoms with Crippen LogP contribution >= 0.6 is 0 Å². The first-order valence-corrected chi connectivity index (χ1v) is 8.83. The highest BCUT2D eigenvalue weighted by atomic mass is 16.5. The van der Waals surface area contributed by atoms with Gasteiger partial charge < -0.3 is 15.2 Å². The average molecular weight is 334 g/mol. The second kappa shape index (κ2) is 7.34. The number of carbonyl (C=O) groups is 1. The van der Waals surface area contributed by atoms with E-state index in [0.29, 0.717) is 23.7 Å². The quantitative estimate of drug-likeness (QED) is 0.821. The molecule has 2 aliphatic rings. The Morgan fingerprint density at radius 2 is 2.29 bits per heavy atom. The van der Waals surface area contributed by atoms with E-state index >= 15 is 0 Å². The Hall–Kier alpha value is -1.89. The molecule has 1 aromatic heterocycles. The number of nitrogens with zero attached hydrogens (tertiary/aromatic N) is 3. The molecule has 3 heterocycles. The van der Waals surface area contributed by atoms with Gasteiger partial charge in [0.05, 0.1) is 18.6 Å². The van der Waals surface area contributed by atoms with Gasteiger partial charge in [-0.3, -0.25) is 9.69 Å². The first kappa shape index (κ1) is 17.0. The smallest absolute Gasteiger partial charge is 0.320 e.